The fraction of sp³-hybridized carbons (Fsp3) is 0.273. The smallest absolute Gasteiger partial charge is 0.133 e. The van der Waals surface area contributed by atoms with Crippen molar-refractivity contribution < 1.29 is 0 Å². The first-order valence-corrected chi connectivity index (χ1v) is 17.0. The molecule has 0 unspecified atom stereocenters. The normalized spacial score (nSPS) is 15.4. The summed E-state index contributed by atoms with van der Waals surface area (Å²) in [5, 5.41) is 0. The molecule has 0 fully saturated rings. The van der Waals surface area contributed by atoms with E-state index in [9.17, 15) is 0 Å². The average molecular weight is 643 g/mol. The summed E-state index contributed by atoms with van der Waals surface area (Å²) >= 11 is 0. The first-order valence-electron chi connectivity index (χ1n) is 17.0. The van der Waals surface area contributed by atoms with Crippen molar-refractivity contribution in [3.8, 4) is 0 Å². The number of allylic oxidation sites excluding steroid dienone is 13. The van der Waals surface area contributed by atoms with Gasteiger partial charge in [0.1, 0.15) is 5.82 Å². The van der Waals surface area contributed by atoms with E-state index in [1.807, 2.05) is 71.9 Å². The summed E-state index contributed by atoms with van der Waals surface area (Å²) in [7, 11) is 4.21. The molecule has 0 amide bonds. The number of anilines is 2. The van der Waals surface area contributed by atoms with Crippen molar-refractivity contribution in [3.05, 3.63) is 150 Å². The zero-order valence-corrected chi connectivity index (χ0v) is 31.0. The van der Waals surface area contributed by atoms with Crippen molar-refractivity contribution in [2.45, 2.75) is 67.7 Å². The Morgan fingerprint density at radius 3 is 2.33 bits per heavy atom. The van der Waals surface area contributed by atoms with E-state index in [4.69, 9.17) is 4.98 Å². The molecule has 0 aliphatic heterocycles. The minimum Gasteiger partial charge on any atom is -0.354 e. The second kappa shape index (κ2) is 23.4. The third-order valence-electron chi connectivity index (χ3n) is 7.46. The van der Waals surface area contributed by atoms with E-state index in [1.165, 1.54) is 28.0 Å². The van der Waals surface area contributed by atoms with Gasteiger partial charge < -0.3 is 9.80 Å². The molecule has 0 N–H and O–H groups in total. The van der Waals surface area contributed by atoms with Crippen LogP contribution in [0.5, 0.6) is 0 Å². The Bertz CT molecular complexity index is 1590. The van der Waals surface area contributed by atoms with Crippen LogP contribution in [-0.2, 0) is 0 Å². The van der Waals surface area contributed by atoms with E-state index in [0.29, 0.717) is 0 Å². The molecule has 1 aromatic heterocycles. The Morgan fingerprint density at radius 1 is 0.958 bits per heavy atom. The van der Waals surface area contributed by atoms with Crippen LogP contribution in [0.25, 0.3) is 23.3 Å². The minimum absolute atomic E-state index is 0.860. The summed E-state index contributed by atoms with van der Waals surface area (Å²) in [5.41, 5.74) is 10.2. The van der Waals surface area contributed by atoms with Crippen molar-refractivity contribution in [1.82, 2.24) is 9.88 Å². The van der Waals surface area contributed by atoms with Gasteiger partial charge in [0, 0.05) is 44.2 Å². The van der Waals surface area contributed by atoms with Gasteiger partial charge in [-0.25, -0.2) is 4.98 Å². The lowest BCUT2D eigenvalue weighted by Gasteiger charge is -2.25. The van der Waals surface area contributed by atoms with Crippen LogP contribution in [0.1, 0.15) is 90.1 Å². The van der Waals surface area contributed by atoms with Gasteiger partial charge in [-0.1, -0.05) is 101 Å². The molecule has 0 spiro atoms. The topological polar surface area (TPSA) is 31.7 Å². The number of rotatable bonds is 9. The predicted molar refractivity (Wildman–Crippen MR) is 218 cm³/mol. The minimum atomic E-state index is 0.860. The van der Waals surface area contributed by atoms with Crippen LogP contribution < -0.4 is 4.90 Å². The summed E-state index contributed by atoms with van der Waals surface area (Å²) in [5.74, 6) is 0.864. The fourth-order valence-electron chi connectivity index (χ4n) is 5.09. The van der Waals surface area contributed by atoms with E-state index in [0.717, 1.165) is 47.6 Å². The van der Waals surface area contributed by atoms with Gasteiger partial charge in [0.25, 0.3) is 0 Å². The predicted octanol–water partition coefficient (Wildman–Crippen LogP) is 12.8. The second-order valence-electron chi connectivity index (χ2n) is 10.5. The molecular formula is C44H58N4. The maximum atomic E-state index is 5.04. The highest BCUT2D eigenvalue weighted by molar-refractivity contribution is 5.89. The van der Waals surface area contributed by atoms with Gasteiger partial charge in [-0.05, 0) is 105 Å². The van der Waals surface area contributed by atoms with Crippen LogP contribution in [-0.4, -0.2) is 30.7 Å². The van der Waals surface area contributed by atoms with Gasteiger partial charge in [0.05, 0.1) is 11.4 Å². The molecule has 4 nitrogen and oxygen atoms in total. The molecule has 0 saturated heterocycles. The van der Waals surface area contributed by atoms with Crippen molar-refractivity contribution in [2.24, 2.45) is 4.99 Å². The van der Waals surface area contributed by atoms with Crippen LogP contribution in [0.15, 0.2) is 133 Å². The monoisotopic (exact) mass is 642 g/mol. The lowest BCUT2D eigenvalue weighted by Crippen LogP contribution is -2.15. The molecule has 0 radical (unpaired) electrons. The highest BCUT2D eigenvalue weighted by Gasteiger charge is 2.19. The first-order chi connectivity index (χ1) is 23.4. The zero-order valence-electron chi connectivity index (χ0n) is 31.0. The van der Waals surface area contributed by atoms with Crippen LogP contribution in [0.3, 0.4) is 0 Å². The van der Waals surface area contributed by atoms with Crippen LogP contribution >= 0.6 is 0 Å². The first kappa shape index (κ1) is 41.1. The van der Waals surface area contributed by atoms with Crippen molar-refractivity contribution >= 4 is 41.5 Å². The molecule has 1 aromatic carbocycles. The lowest BCUT2D eigenvalue weighted by molar-refractivity contribution is 0.555. The zero-order chi connectivity index (χ0) is 35.9. The van der Waals surface area contributed by atoms with Gasteiger partial charge in [-0.3, -0.25) is 4.99 Å². The van der Waals surface area contributed by atoms with Gasteiger partial charge in [-0.2, -0.15) is 0 Å². The molecule has 0 atom stereocenters. The van der Waals surface area contributed by atoms with Crippen molar-refractivity contribution in [1.29, 1.82) is 0 Å². The molecule has 1 heterocycles. The van der Waals surface area contributed by atoms with Crippen molar-refractivity contribution in [2.75, 3.05) is 19.0 Å². The SMILES string of the molecule is C=CC.C=CC1=C(C)c2c(cc(/C=C\N(C)/C3=C/C/C=C\C=CC3)cc2N(C)c2cccc(C(/C=C\N=C)=C/C)n2)C=CC1.CC.CC. The van der Waals surface area contributed by atoms with E-state index >= 15 is 0 Å². The molecule has 48 heavy (non-hydrogen) atoms. The fourth-order valence-corrected chi connectivity index (χ4v) is 5.09. The summed E-state index contributed by atoms with van der Waals surface area (Å²) in [6.45, 7) is 25.1. The molecule has 4 rings (SSSR count). The third kappa shape index (κ3) is 12.0. The highest BCUT2D eigenvalue weighted by atomic mass is 15.2. The lowest BCUT2D eigenvalue weighted by atomic mass is 9.93. The highest BCUT2D eigenvalue weighted by Crippen LogP contribution is 2.39. The Labute approximate surface area is 292 Å². The average Bonchev–Trinajstić information content (AvgIpc) is 3.26. The molecule has 254 valence electrons. The van der Waals surface area contributed by atoms with Gasteiger partial charge in [0.2, 0.25) is 0 Å². The summed E-state index contributed by atoms with van der Waals surface area (Å²) < 4.78 is 0. The van der Waals surface area contributed by atoms with E-state index in [2.05, 4.69) is 129 Å². The Balaban J connectivity index is 0.00000153. The summed E-state index contributed by atoms with van der Waals surface area (Å²) in [4.78, 5) is 13.3. The molecule has 0 bridgehead atoms. The Kier molecular flexibility index (Phi) is 20.0. The van der Waals surface area contributed by atoms with Crippen molar-refractivity contribution in [3.63, 3.8) is 0 Å². The standard InChI is InChI=1S/C37H40N4.C3H6.2C2H6/c1-7-30-16-14-17-32-26-29(23-25-40(5)33-18-12-10-9-11-13-19-33)27-35(37(32)28(30)3)41(6)36-21-15-20-34(39-36)31(8-2)22-24-38-4;1-3-2;2*1-2/h7-12,14-15,17,19-27H,1,4,13,16,18H2,2-3,5-6H3;3H,1H2,2H3;2*1-2H3/b11-9-,12-10?,24-22-,25-23-,31-8+,33-19+;;;. The van der Waals surface area contributed by atoms with Gasteiger partial charge in [-0.15, -0.1) is 6.58 Å². The van der Waals surface area contributed by atoms with Crippen LogP contribution in [0, 0.1) is 0 Å². The number of aromatic nitrogens is 1. The van der Waals surface area contributed by atoms with Gasteiger partial charge >= 0.3 is 0 Å². The largest absolute Gasteiger partial charge is 0.354 e. The number of hydrogen-bond acceptors (Lipinski definition) is 4. The second-order valence-corrected chi connectivity index (χ2v) is 10.5. The number of nitrogens with zero attached hydrogens (tertiary/aromatic N) is 4. The molecule has 0 saturated carbocycles. The summed E-state index contributed by atoms with van der Waals surface area (Å²) in [6, 6.07) is 10.7. The van der Waals surface area contributed by atoms with E-state index in [-0.39, 0.29) is 0 Å². The molecule has 4 heteroatoms. The van der Waals surface area contributed by atoms with Gasteiger partial charge in [0.15, 0.2) is 0 Å². The Morgan fingerprint density at radius 2 is 1.67 bits per heavy atom. The number of pyridine rings is 1. The van der Waals surface area contributed by atoms with E-state index < -0.39 is 0 Å². The van der Waals surface area contributed by atoms with E-state index in [1.54, 1.807) is 12.3 Å². The quantitative estimate of drug-likeness (QED) is 0.155. The molecular weight excluding hydrogens is 585 g/mol. The molecule has 2 aliphatic carbocycles. The maximum absolute atomic E-state index is 5.04. The number of hydrogen-bond donors (Lipinski definition) is 0. The number of fused-ring (bicyclic) bond motifs is 1. The maximum Gasteiger partial charge on any atom is 0.133 e. The van der Waals surface area contributed by atoms with Crippen LogP contribution in [0.2, 0.25) is 0 Å². The summed E-state index contributed by atoms with van der Waals surface area (Å²) in [6.07, 6.45) is 31.8. The van der Waals surface area contributed by atoms with Crippen LogP contribution in [0.4, 0.5) is 11.5 Å². The Hall–Kier alpha value is -4.96. The number of aliphatic imine (C=N–C) groups is 1. The molecule has 2 aliphatic rings. The number of benzene rings is 1. The third-order valence-corrected chi connectivity index (χ3v) is 7.46. The molecule has 2 aromatic rings.